The molecular formula is C15H19FN2O3S. The fourth-order valence-corrected chi connectivity index (χ4v) is 4.18. The fourth-order valence-electron chi connectivity index (χ4n) is 2.45. The molecule has 0 saturated carbocycles. The Morgan fingerprint density at radius 1 is 1.32 bits per heavy atom. The highest BCUT2D eigenvalue weighted by molar-refractivity contribution is 7.92. The zero-order valence-corrected chi connectivity index (χ0v) is 13.1. The van der Waals surface area contributed by atoms with Crippen LogP contribution in [0, 0.1) is 17.1 Å². The van der Waals surface area contributed by atoms with E-state index >= 15 is 0 Å². The number of sulfonamides is 1. The number of nitriles is 1. The molecule has 0 N–H and O–H groups in total. The van der Waals surface area contributed by atoms with Gasteiger partial charge in [-0.05, 0) is 43.5 Å². The molecule has 1 atom stereocenters. The Bertz CT molecular complexity index is 619. The van der Waals surface area contributed by atoms with E-state index in [0.717, 1.165) is 19.3 Å². The maximum atomic E-state index is 13.0. The van der Waals surface area contributed by atoms with E-state index < -0.39 is 15.8 Å². The standard InChI is InChI=1S/C15H19FN2O3S/c16-13-5-7-14(8-6-13)18(10-3-9-17)22(19,20)12-15-4-1-2-11-21-15/h5-8,15H,1-4,10-12H2/t15-/m0/s1. The predicted molar refractivity (Wildman–Crippen MR) is 81.4 cm³/mol. The molecule has 1 fully saturated rings. The lowest BCUT2D eigenvalue weighted by atomic mass is 10.1. The number of anilines is 1. The molecule has 0 unspecified atom stereocenters. The molecule has 2 rings (SSSR count). The Kier molecular flexibility index (Phi) is 5.75. The van der Waals surface area contributed by atoms with Gasteiger partial charge < -0.3 is 4.74 Å². The molecule has 0 radical (unpaired) electrons. The quantitative estimate of drug-likeness (QED) is 0.805. The zero-order chi connectivity index (χ0) is 16.0. The summed E-state index contributed by atoms with van der Waals surface area (Å²) >= 11 is 0. The third kappa shape index (κ3) is 4.42. The molecule has 1 aliphatic heterocycles. The van der Waals surface area contributed by atoms with Crippen LogP contribution in [0.2, 0.25) is 0 Å². The molecule has 1 aromatic carbocycles. The fraction of sp³-hybridized carbons (Fsp3) is 0.533. The van der Waals surface area contributed by atoms with Gasteiger partial charge in [0.25, 0.3) is 0 Å². The van der Waals surface area contributed by atoms with Crippen LogP contribution >= 0.6 is 0 Å². The van der Waals surface area contributed by atoms with Crippen LogP contribution < -0.4 is 4.31 Å². The summed E-state index contributed by atoms with van der Waals surface area (Å²) in [6, 6.07) is 7.18. The second-order valence-corrected chi connectivity index (χ2v) is 7.16. The highest BCUT2D eigenvalue weighted by Gasteiger charge is 2.28. The van der Waals surface area contributed by atoms with Gasteiger partial charge in [0.15, 0.2) is 0 Å². The average Bonchev–Trinajstić information content (AvgIpc) is 2.50. The number of ether oxygens (including phenoxy) is 1. The predicted octanol–water partition coefficient (Wildman–Crippen LogP) is 2.44. The lowest BCUT2D eigenvalue weighted by Crippen LogP contribution is -2.39. The number of rotatable bonds is 6. The molecule has 1 aliphatic rings. The largest absolute Gasteiger partial charge is 0.377 e. The van der Waals surface area contributed by atoms with E-state index in [1.165, 1.54) is 28.6 Å². The van der Waals surface area contributed by atoms with Crippen molar-refractivity contribution in [3.63, 3.8) is 0 Å². The average molecular weight is 326 g/mol. The minimum absolute atomic E-state index is 0.0528. The summed E-state index contributed by atoms with van der Waals surface area (Å²) < 4.78 is 45.0. The molecule has 5 nitrogen and oxygen atoms in total. The van der Waals surface area contributed by atoms with E-state index in [9.17, 15) is 12.8 Å². The van der Waals surface area contributed by atoms with Gasteiger partial charge in [-0.25, -0.2) is 12.8 Å². The first-order valence-electron chi connectivity index (χ1n) is 7.27. The Labute approximate surface area is 130 Å². The molecule has 120 valence electrons. The van der Waals surface area contributed by atoms with Gasteiger partial charge in [-0.2, -0.15) is 5.26 Å². The van der Waals surface area contributed by atoms with Crippen LogP contribution in [0.25, 0.3) is 0 Å². The van der Waals surface area contributed by atoms with Crippen LogP contribution in [0.1, 0.15) is 25.7 Å². The molecule has 7 heteroatoms. The maximum absolute atomic E-state index is 13.0. The van der Waals surface area contributed by atoms with E-state index in [0.29, 0.717) is 12.3 Å². The van der Waals surface area contributed by atoms with Gasteiger partial charge >= 0.3 is 0 Å². The SMILES string of the molecule is N#CCCN(c1ccc(F)cc1)S(=O)(=O)C[C@@H]1CCCCO1. The van der Waals surface area contributed by atoms with Gasteiger partial charge in [-0.15, -0.1) is 0 Å². The van der Waals surface area contributed by atoms with Crippen molar-refractivity contribution in [2.45, 2.75) is 31.8 Å². The topological polar surface area (TPSA) is 70.4 Å². The van der Waals surface area contributed by atoms with Gasteiger partial charge in [-0.3, -0.25) is 4.31 Å². The van der Waals surface area contributed by atoms with Crippen LogP contribution in [-0.2, 0) is 14.8 Å². The Morgan fingerprint density at radius 3 is 2.64 bits per heavy atom. The van der Waals surface area contributed by atoms with E-state index in [4.69, 9.17) is 10.00 Å². The number of hydrogen-bond acceptors (Lipinski definition) is 4. The second-order valence-electron chi connectivity index (χ2n) is 5.22. The molecule has 1 aromatic rings. The van der Waals surface area contributed by atoms with Gasteiger partial charge in [-0.1, -0.05) is 0 Å². The minimum atomic E-state index is -3.63. The summed E-state index contributed by atoms with van der Waals surface area (Å²) in [5.41, 5.74) is 0.368. The van der Waals surface area contributed by atoms with E-state index in [1.54, 1.807) is 0 Å². The summed E-state index contributed by atoms with van der Waals surface area (Å²) in [4.78, 5) is 0. The third-order valence-corrected chi connectivity index (χ3v) is 5.41. The first-order chi connectivity index (χ1) is 10.5. The highest BCUT2D eigenvalue weighted by atomic mass is 32.2. The minimum Gasteiger partial charge on any atom is -0.377 e. The highest BCUT2D eigenvalue weighted by Crippen LogP contribution is 2.22. The normalized spacial score (nSPS) is 18.6. The molecule has 0 aromatic heterocycles. The van der Waals surface area contributed by atoms with Crippen LogP contribution in [-0.4, -0.2) is 33.4 Å². The number of nitrogens with zero attached hydrogens (tertiary/aromatic N) is 2. The van der Waals surface area contributed by atoms with Gasteiger partial charge in [0, 0.05) is 13.2 Å². The van der Waals surface area contributed by atoms with Crippen molar-refractivity contribution in [3.05, 3.63) is 30.1 Å². The molecule has 0 bridgehead atoms. The summed E-state index contributed by atoms with van der Waals surface area (Å²) in [6.07, 6.45) is 2.38. The third-order valence-electron chi connectivity index (χ3n) is 3.55. The van der Waals surface area contributed by atoms with Crippen molar-refractivity contribution in [2.75, 3.05) is 23.2 Å². The molecule has 1 heterocycles. The maximum Gasteiger partial charge on any atom is 0.237 e. The summed E-state index contributed by atoms with van der Waals surface area (Å²) in [5.74, 6) is -0.549. The Hall–Kier alpha value is -1.65. The van der Waals surface area contributed by atoms with E-state index in [2.05, 4.69) is 0 Å². The first-order valence-corrected chi connectivity index (χ1v) is 8.88. The van der Waals surface area contributed by atoms with Crippen molar-refractivity contribution in [3.8, 4) is 6.07 Å². The van der Waals surface area contributed by atoms with Crippen LogP contribution in [0.5, 0.6) is 0 Å². The van der Waals surface area contributed by atoms with Crippen molar-refractivity contribution < 1.29 is 17.5 Å². The van der Waals surface area contributed by atoms with Crippen molar-refractivity contribution in [1.29, 1.82) is 5.26 Å². The molecule has 22 heavy (non-hydrogen) atoms. The Morgan fingerprint density at radius 2 is 2.05 bits per heavy atom. The molecular weight excluding hydrogens is 307 g/mol. The van der Waals surface area contributed by atoms with Gasteiger partial charge in [0.2, 0.25) is 10.0 Å². The van der Waals surface area contributed by atoms with Crippen LogP contribution in [0.3, 0.4) is 0 Å². The summed E-state index contributed by atoms with van der Waals surface area (Å²) in [5, 5.41) is 8.74. The summed E-state index contributed by atoms with van der Waals surface area (Å²) in [7, 11) is -3.63. The number of benzene rings is 1. The lowest BCUT2D eigenvalue weighted by Gasteiger charge is -2.28. The number of hydrogen-bond donors (Lipinski definition) is 0. The van der Waals surface area contributed by atoms with Crippen molar-refractivity contribution in [1.82, 2.24) is 0 Å². The van der Waals surface area contributed by atoms with Gasteiger partial charge in [0.05, 0.1) is 30.0 Å². The smallest absolute Gasteiger partial charge is 0.237 e. The first kappa shape index (κ1) is 16.7. The molecule has 0 aliphatic carbocycles. The monoisotopic (exact) mass is 326 g/mol. The molecule has 0 spiro atoms. The number of halogens is 1. The van der Waals surface area contributed by atoms with Crippen molar-refractivity contribution in [2.24, 2.45) is 0 Å². The van der Waals surface area contributed by atoms with Crippen molar-refractivity contribution >= 4 is 15.7 Å². The van der Waals surface area contributed by atoms with Gasteiger partial charge in [0.1, 0.15) is 5.82 Å². The Balaban J connectivity index is 2.19. The zero-order valence-electron chi connectivity index (χ0n) is 12.2. The van der Waals surface area contributed by atoms with E-state index in [-0.39, 0.29) is 24.8 Å². The molecule has 0 amide bonds. The molecule has 1 saturated heterocycles. The lowest BCUT2D eigenvalue weighted by molar-refractivity contribution is 0.0305. The van der Waals surface area contributed by atoms with E-state index in [1.807, 2.05) is 6.07 Å². The summed E-state index contributed by atoms with van der Waals surface area (Å²) in [6.45, 7) is 0.631. The van der Waals surface area contributed by atoms with Crippen LogP contribution in [0.15, 0.2) is 24.3 Å². The van der Waals surface area contributed by atoms with Crippen LogP contribution in [0.4, 0.5) is 10.1 Å². The second kappa shape index (κ2) is 7.56.